The average molecular weight is 418 g/mol. The van der Waals surface area contributed by atoms with Crippen LogP contribution in [-0.4, -0.2) is 50.4 Å². The molecule has 0 bridgehead atoms. The van der Waals surface area contributed by atoms with E-state index in [9.17, 15) is 13.2 Å². The molecule has 1 fully saturated rings. The summed E-state index contributed by atoms with van der Waals surface area (Å²) < 4.78 is 33.2. The van der Waals surface area contributed by atoms with Gasteiger partial charge in [0.15, 0.2) is 0 Å². The number of hydrogen-bond acceptors (Lipinski definition) is 5. The third kappa shape index (κ3) is 5.33. The molecule has 1 aromatic carbocycles. The fourth-order valence-corrected chi connectivity index (χ4v) is 5.11. The molecule has 0 atom stereocenters. The maximum absolute atomic E-state index is 13.2. The molecule has 0 saturated carbocycles. The number of ether oxygens (including phenoxy) is 1. The second-order valence-corrected chi connectivity index (χ2v) is 8.96. The van der Waals surface area contributed by atoms with E-state index in [0.29, 0.717) is 31.6 Å². The zero-order valence-corrected chi connectivity index (χ0v) is 17.5. The normalized spacial score (nSPS) is 15.5. The van der Waals surface area contributed by atoms with Crippen LogP contribution < -0.4 is 10.1 Å². The van der Waals surface area contributed by atoms with Crippen LogP contribution in [0.2, 0.25) is 0 Å². The van der Waals surface area contributed by atoms with E-state index < -0.39 is 10.0 Å². The molecule has 156 valence electrons. The highest BCUT2D eigenvalue weighted by Crippen LogP contribution is 2.29. The monoisotopic (exact) mass is 417 g/mol. The van der Waals surface area contributed by atoms with Crippen LogP contribution in [0.25, 0.3) is 0 Å². The van der Waals surface area contributed by atoms with Gasteiger partial charge in [-0.1, -0.05) is 18.9 Å². The zero-order valence-electron chi connectivity index (χ0n) is 16.6. The van der Waals surface area contributed by atoms with E-state index in [2.05, 4.69) is 10.3 Å². The third-order valence-corrected chi connectivity index (χ3v) is 6.95. The number of amides is 1. The zero-order chi connectivity index (χ0) is 20.7. The van der Waals surface area contributed by atoms with Crippen molar-refractivity contribution in [2.75, 3.05) is 26.7 Å². The smallest absolute Gasteiger partial charge is 0.251 e. The van der Waals surface area contributed by atoms with Crippen LogP contribution in [0.1, 0.15) is 41.6 Å². The Kier molecular flexibility index (Phi) is 7.22. The van der Waals surface area contributed by atoms with Crippen molar-refractivity contribution in [2.24, 2.45) is 0 Å². The Morgan fingerprint density at radius 3 is 2.59 bits per heavy atom. The molecule has 7 nitrogen and oxygen atoms in total. The second kappa shape index (κ2) is 9.84. The van der Waals surface area contributed by atoms with E-state index in [4.69, 9.17) is 4.74 Å². The Labute approximate surface area is 172 Å². The van der Waals surface area contributed by atoms with E-state index >= 15 is 0 Å². The van der Waals surface area contributed by atoms with Gasteiger partial charge in [-0.25, -0.2) is 8.42 Å². The predicted molar refractivity (Wildman–Crippen MR) is 110 cm³/mol. The number of hydrogen-bond donors (Lipinski definition) is 1. The lowest BCUT2D eigenvalue weighted by Crippen LogP contribution is -2.32. The Morgan fingerprint density at radius 2 is 1.93 bits per heavy atom. The summed E-state index contributed by atoms with van der Waals surface area (Å²) in [5.74, 6) is -0.0648. The quantitative estimate of drug-likeness (QED) is 0.748. The number of nitrogens with zero attached hydrogens (tertiary/aromatic N) is 2. The highest BCUT2D eigenvalue weighted by atomic mass is 32.2. The summed E-state index contributed by atoms with van der Waals surface area (Å²) in [6.07, 6.45) is 7.85. The van der Waals surface area contributed by atoms with Crippen molar-refractivity contribution < 1.29 is 17.9 Å². The molecule has 1 aliphatic rings. The first-order valence-corrected chi connectivity index (χ1v) is 11.3. The van der Waals surface area contributed by atoms with Crippen molar-refractivity contribution in [1.29, 1.82) is 0 Å². The molecule has 1 aromatic heterocycles. The maximum Gasteiger partial charge on any atom is 0.251 e. The van der Waals surface area contributed by atoms with Crippen LogP contribution in [0, 0.1) is 0 Å². The Morgan fingerprint density at radius 1 is 1.17 bits per heavy atom. The minimum Gasteiger partial charge on any atom is -0.495 e. The molecule has 2 heterocycles. The van der Waals surface area contributed by atoms with E-state index in [0.717, 1.165) is 31.2 Å². The number of benzene rings is 1. The number of aromatic nitrogens is 1. The van der Waals surface area contributed by atoms with Gasteiger partial charge in [0, 0.05) is 37.6 Å². The molecular formula is C21H27N3O4S. The van der Waals surface area contributed by atoms with Gasteiger partial charge >= 0.3 is 0 Å². The van der Waals surface area contributed by atoms with Gasteiger partial charge in [-0.15, -0.1) is 0 Å². The highest BCUT2D eigenvalue weighted by Gasteiger charge is 2.29. The van der Waals surface area contributed by atoms with Crippen molar-refractivity contribution in [3.63, 3.8) is 0 Å². The number of carbonyl (C=O) groups excluding carboxylic acids is 1. The molecule has 8 heteroatoms. The van der Waals surface area contributed by atoms with E-state index in [1.54, 1.807) is 24.5 Å². The van der Waals surface area contributed by atoms with Crippen molar-refractivity contribution in [3.05, 3.63) is 53.9 Å². The summed E-state index contributed by atoms with van der Waals surface area (Å²) in [5, 5.41) is 2.84. The molecule has 2 aromatic rings. The predicted octanol–water partition coefficient (Wildman–Crippen LogP) is 2.63. The summed E-state index contributed by atoms with van der Waals surface area (Å²) in [6, 6.07) is 8.33. The Bertz CT molecular complexity index is 924. The summed E-state index contributed by atoms with van der Waals surface area (Å²) in [4.78, 5) is 16.7. The molecule has 29 heavy (non-hydrogen) atoms. The Balaban J connectivity index is 1.76. The van der Waals surface area contributed by atoms with Gasteiger partial charge in [0.25, 0.3) is 5.91 Å². The molecule has 0 spiro atoms. The molecule has 0 radical (unpaired) electrons. The van der Waals surface area contributed by atoms with Gasteiger partial charge in [0.05, 0.1) is 7.11 Å². The molecule has 1 aliphatic heterocycles. The van der Waals surface area contributed by atoms with Crippen molar-refractivity contribution >= 4 is 15.9 Å². The number of carbonyl (C=O) groups is 1. The summed E-state index contributed by atoms with van der Waals surface area (Å²) in [7, 11) is -2.29. The highest BCUT2D eigenvalue weighted by molar-refractivity contribution is 7.89. The lowest BCUT2D eigenvalue weighted by molar-refractivity contribution is 0.0954. The molecule has 3 rings (SSSR count). The van der Waals surface area contributed by atoms with Crippen LogP contribution >= 0.6 is 0 Å². The number of methoxy groups -OCH3 is 1. The number of nitrogens with one attached hydrogen (secondary N) is 1. The SMILES string of the molecule is COc1ccc(C(=O)NCCc2cccnc2)cc1S(=O)(=O)N1CCCCCC1. The standard InChI is InChI=1S/C21H27N3O4S/c1-28-19-9-8-18(21(25)23-12-10-17-7-6-11-22-16-17)15-20(19)29(26,27)24-13-4-2-3-5-14-24/h6-9,11,15-16H,2-5,10,12-14H2,1H3,(H,23,25). The fraction of sp³-hybridized carbons (Fsp3) is 0.429. The summed E-state index contributed by atoms with van der Waals surface area (Å²) >= 11 is 0. The van der Waals surface area contributed by atoms with E-state index in [1.807, 2.05) is 12.1 Å². The first kappa shape index (κ1) is 21.3. The number of sulfonamides is 1. The van der Waals surface area contributed by atoms with Crippen LogP contribution in [-0.2, 0) is 16.4 Å². The van der Waals surface area contributed by atoms with Crippen molar-refractivity contribution in [3.8, 4) is 5.75 Å². The largest absolute Gasteiger partial charge is 0.495 e. The molecule has 0 aliphatic carbocycles. The average Bonchev–Trinajstić information content (AvgIpc) is 3.04. The number of pyridine rings is 1. The van der Waals surface area contributed by atoms with Crippen molar-refractivity contribution in [1.82, 2.24) is 14.6 Å². The maximum atomic E-state index is 13.2. The van der Waals surface area contributed by atoms with Gasteiger partial charge in [-0.2, -0.15) is 4.31 Å². The van der Waals surface area contributed by atoms with Gasteiger partial charge in [0.2, 0.25) is 10.0 Å². The first-order chi connectivity index (χ1) is 14.0. The summed E-state index contributed by atoms with van der Waals surface area (Å²) in [5.41, 5.74) is 1.32. The van der Waals surface area contributed by atoms with Crippen LogP contribution in [0.4, 0.5) is 0 Å². The Hall–Kier alpha value is -2.45. The first-order valence-electron chi connectivity index (χ1n) is 9.87. The number of rotatable bonds is 7. The van der Waals surface area contributed by atoms with E-state index in [-0.39, 0.29) is 16.6 Å². The van der Waals surface area contributed by atoms with Crippen LogP contribution in [0.15, 0.2) is 47.6 Å². The van der Waals surface area contributed by atoms with Crippen LogP contribution in [0.3, 0.4) is 0 Å². The molecular weight excluding hydrogens is 390 g/mol. The molecule has 1 N–H and O–H groups in total. The minimum atomic E-state index is -3.73. The minimum absolute atomic E-state index is 0.0433. The van der Waals surface area contributed by atoms with Crippen molar-refractivity contribution in [2.45, 2.75) is 37.0 Å². The van der Waals surface area contributed by atoms with Gasteiger partial charge < -0.3 is 10.1 Å². The summed E-state index contributed by atoms with van der Waals surface area (Å²) in [6.45, 7) is 1.42. The fourth-order valence-electron chi connectivity index (χ4n) is 3.41. The van der Waals surface area contributed by atoms with Gasteiger partial charge in [-0.3, -0.25) is 9.78 Å². The second-order valence-electron chi connectivity index (χ2n) is 7.05. The van der Waals surface area contributed by atoms with E-state index in [1.165, 1.54) is 17.5 Å². The molecule has 1 amide bonds. The molecule has 1 saturated heterocycles. The van der Waals surface area contributed by atoms with Crippen LogP contribution in [0.5, 0.6) is 5.75 Å². The molecule has 0 unspecified atom stereocenters. The van der Waals surface area contributed by atoms with Gasteiger partial charge in [-0.05, 0) is 49.1 Å². The lowest BCUT2D eigenvalue weighted by atomic mass is 10.2. The topological polar surface area (TPSA) is 88.6 Å². The third-order valence-electron chi connectivity index (χ3n) is 5.03. The lowest BCUT2D eigenvalue weighted by Gasteiger charge is -2.21. The van der Waals surface area contributed by atoms with Gasteiger partial charge in [0.1, 0.15) is 10.6 Å².